The molecule has 0 aliphatic carbocycles. The fourth-order valence-corrected chi connectivity index (χ4v) is 1.76. The largest absolute Gasteiger partial charge is 0.384 e. The van der Waals surface area contributed by atoms with Crippen molar-refractivity contribution in [1.29, 1.82) is 0 Å². The third-order valence-corrected chi connectivity index (χ3v) is 2.92. The Hall–Kier alpha value is -1.19. The highest BCUT2D eigenvalue weighted by Crippen LogP contribution is 2.32. The number of benzene rings is 1. The van der Waals surface area contributed by atoms with E-state index in [4.69, 9.17) is 28.9 Å². The van der Waals surface area contributed by atoms with Gasteiger partial charge in [0, 0.05) is 5.56 Å². The third kappa shape index (κ3) is 1.80. The number of hydrogen-bond donors (Lipinski definition) is 2. The minimum absolute atomic E-state index is 0.508. The van der Waals surface area contributed by atoms with Gasteiger partial charge in [0.05, 0.1) is 15.7 Å². The smallest absolute Gasteiger partial charge is 0.127 e. The van der Waals surface area contributed by atoms with Gasteiger partial charge in [-0.3, -0.25) is 5.10 Å². The minimum Gasteiger partial charge on any atom is -0.384 e. The average molecular weight is 242 g/mol. The highest BCUT2D eigenvalue weighted by atomic mass is 35.5. The molecule has 5 heteroatoms. The van der Waals surface area contributed by atoms with Crippen LogP contribution in [0.2, 0.25) is 10.0 Å². The second-order valence-electron chi connectivity index (χ2n) is 3.23. The van der Waals surface area contributed by atoms with Crippen LogP contribution < -0.4 is 5.73 Å². The molecule has 0 aliphatic rings. The van der Waals surface area contributed by atoms with Gasteiger partial charge in [0.1, 0.15) is 5.82 Å². The summed E-state index contributed by atoms with van der Waals surface area (Å²) in [6.45, 7) is 1.88. The number of halogens is 2. The van der Waals surface area contributed by atoms with Gasteiger partial charge in [0.2, 0.25) is 0 Å². The molecule has 15 heavy (non-hydrogen) atoms. The van der Waals surface area contributed by atoms with Crippen molar-refractivity contribution in [2.75, 3.05) is 5.73 Å². The average Bonchev–Trinajstić information content (AvgIpc) is 2.52. The van der Waals surface area contributed by atoms with Gasteiger partial charge >= 0.3 is 0 Å². The predicted molar refractivity (Wildman–Crippen MR) is 63.2 cm³/mol. The first-order valence-corrected chi connectivity index (χ1v) is 5.11. The van der Waals surface area contributed by atoms with Gasteiger partial charge in [-0.15, -0.1) is 0 Å². The summed E-state index contributed by atoms with van der Waals surface area (Å²) < 4.78 is 0. The molecule has 3 nitrogen and oxygen atoms in total. The van der Waals surface area contributed by atoms with Gasteiger partial charge in [0.25, 0.3) is 0 Å². The zero-order chi connectivity index (χ0) is 11.0. The summed E-state index contributed by atoms with van der Waals surface area (Å²) in [5, 5.41) is 7.78. The zero-order valence-corrected chi connectivity index (χ0v) is 9.52. The molecule has 78 valence electrons. The second-order valence-corrected chi connectivity index (χ2v) is 4.04. The van der Waals surface area contributed by atoms with Crippen LogP contribution in [0.15, 0.2) is 18.2 Å². The number of nitrogens with two attached hydrogens (primary N) is 1. The zero-order valence-electron chi connectivity index (χ0n) is 8.01. The van der Waals surface area contributed by atoms with Crippen LogP contribution in [-0.2, 0) is 0 Å². The molecule has 0 unspecified atom stereocenters. The molecule has 1 aromatic heterocycles. The van der Waals surface area contributed by atoms with Crippen LogP contribution in [0.5, 0.6) is 0 Å². The summed E-state index contributed by atoms with van der Waals surface area (Å²) in [6, 6.07) is 5.38. The maximum Gasteiger partial charge on any atom is 0.127 e. The Balaban J connectivity index is 2.59. The van der Waals surface area contributed by atoms with Crippen molar-refractivity contribution >= 4 is 29.0 Å². The molecule has 2 rings (SSSR count). The van der Waals surface area contributed by atoms with E-state index in [1.807, 2.05) is 13.0 Å². The van der Waals surface area contributed by atoms with Crippen molar-refractivity contribution in [3.8, 4) is 11.1 Å². The number of nitrogens with zero attached hydrogens (tertiary/aromatic N) is 1. The van der Waals surface area contributed by atoms with Gasteiger partial charge in [-0.05, 0) is 24.6 Å². The van der Waals surface area contributed by atoms with Crippen molar-refractivity contribution in [3.05, 3.63) is 33.9 Å². The molecule has 0 fully saturated rings. The Morgan fingerprint density at radius 1 is 1.27 bits per heavy atom. The maximum absolute atomic E-state index is 5.93. The number of aryl methyl sites for hydroxylation is 1. The van der Waals surface area contributed by atoms with E-state index >= 15 is 0 Å². The molecule has 0 bridgehead atoms. The lowest BCUT2D eigenvalue weighted by Gasteiger charge is -2.03. The predicted octanol–water partition coefficient (Wildman–Crippen LogP) is 3.27. The Bertz CT molecular complexity index is 486. The SMILES string of the molecule is Cc1n[nH]c(N)c1-c1ccc(Cl)c(Cl)c1. The summed E-state index contributed by atoms with van der Waals surface area (Å²) in [5.41, 5.74) is 8.39. The number of H-pyrrole nitrogens is 1. The van der Waals surface area contributed by atoms with Crippen LogP contribution in [0.3, 0.4) is 0 Å². The van der Waals surface area contributed by atoms with Crippen LogP contribution in [0, 0.1) is 6.92 Å². The molecule has 1 heterocycles. The number of rotatable bonds is 1. The molecule has 0 radical (unpaired) electrons. The van der Waals surface area contributed by atoms with E-state index < -0.39 is 0 Å². The number of aromatic amines is 1. The number of nitrogen functional groups attached to an aromatic ring is 1. The van der Waals surface area contributed by atoms with E-state index in [0.29, 0.717) is 15.9 Å². The van der Waals surface area contributed by atoms with Crippen molar-refractivity contribution in [3.63, 3.8) is 0 Å². The molecule has 3 N–H and O–H groups in total. The van der Waals surface area contributed by atoms with Gasteiger partial charge < -0.3 is 5.73 Å². The first-order valence-electron chi connectivity index (χ1n) is 4.35. The minimum atomic E-state index is 0.508. The van der Waals surface area contributed by atoms with E-state index in [1.54, 1.807) is 12.1 Å². The Kier molecular flexibility index (Phi) is 2.59. The molecular weight excluding hydrogens is 233 g/mol. The quantitative estimate of drug-likeness (QED) is 0.806. The van der Waals surface area contributed by atoms with Gasteiger partial charge in [-0.25, -0.2) is 0 Å². The van der Waals surface area contributed by atoms with E-state index in [0.717, 1.165) is 16.8 Å². The summed E-state index contributed by atoms with van der Waals surface area (Å²) in [4.78, 5) is 0. The molecule has 0 saturated carbocycles. The summed E-state index contributed by atoms with van der Waals surface area (Å²) >= 11 is 11.8. The van der Waals surface area contributed by atoms with E-state index in [9.17, 15) is 0 Å². The highest BCUT2D eigenvalue weighted by molar-refractivity contribution is 6.42. The highest BCUT2D eigenvalue weighted by Gasteiger charge is 2.10. The van der Waals surface area contributed by atoms with Crippen molar-refractivity contribution < 1.29 is 0 Å². The van der Waals surface area contributed by atoms with Crippen LogP contribution in [0.4, 0.5) is 5.82 Å². The molecule has 0 saturated heterocycles. The number of nitrogens with one attached hydrogen (secondary N) is 1. The van der Waals surface area contributed by atoms with Crippen molar-refractivity contribution in [2.24, 2.45) is 0 Å². The maximum atomic E-state index is 5.93. The lowest BCUT2D eigenvalue weighted by molar-refractivity contribution is 1.05. The summed E-state index contributed by atoms with van der Waals surface area (Å²) in [7, 11) is 0. The van der Waals surface area contributed by atoms with Crippen molar-refractivity contribution in [1.82, 2.24) is 10.2 Å². The Morgan fingerprint density at radius 3 is 2.53 bits per heavy atom. The molecule has 1 aromatic carbocycles. The Labute approximate surface area is 97.2 Å². The van der Waals surface area contributed by atoms with Gasteiger partial charge in [-0.2, -0.15) is 5.10 Å². The standard InChI is InChI=1S/C10H9Cl2N3/c1-5-9(10(13)15-14-5)6-2-3-7(11)8(12)4-6/h2-4H,1H3,(H3,13,14,15). The topological polar surface area (TPSA) is 54.7 Å². The number of anilines is 1. The monoisotopic (exact) mass is 241 g/mol. The Morgan fingerprint density at radius 2 is 2.00 bits per heavy atom. The van der Waals surface area contributed by atoms with Crippen molar-refractivity contribution in [2.45, 2.75) is 6.92 Å². The number of aromatic nitrogens is 2. The summed E-state index contributed by atoms with van der Waals surface area (Å²) in [6.07, 6.45) is 0. The number of hydrogen-bond acceptors (Lipinski definition) is 2. The van der Waals surface area contributed by atoms with E-state index in [-0.39, 0.29) is 0 Å². The van der Waals surface area contributed by atoms with Crippen LogP contribution >= 0.6 is 23.2 Å². The first-order chi connectivity index (χ1) is 7.09. The van der Waals surface area contributed by atoms with E-state index in [2.05, 4.69) is 10.2 Å². The van der Waals surface area contributed by atoms with E-state index in [1.165, 1.54) is 0 Å². The molecular formula is C10H9Cl2N3. The molecule has 0 amide bonds. The lowest BCUT2D eigenvalue weighted by atomic mass is 10.1. The van der Waals surface area contributed by atoms with Crippen LogP contribution in [0.25, 0.3) is 11.1 Å². The molecule has 0 spiro atoms. The molecule has 0 aliphatic heterocycles. The van der Waals surface area contributed by atoms with Gasteiger partial charge in [0.15, 0.2) is 0 Å². The second kappa shape index (κ2) is 3.76. The normalized spacial score (nSPS) is 10.6. The molecule has 2 aromatic rings. The van der Waals surface area contributed by atoms with Crippen LogP contribution in [0.1, 0.15) is 5.69 Å². The first kappa shape index (κ1) is 10.3. The van der Waals surface area contributed by atoms with Gasteiger partial charge in [-0.1, -0.05) is 29.3 Å². The third-order valence-electron chi connectivity index (χ3n) is 2.18. The molecule has 0 atom stereocenters. The summed E-state index contributed by atoms with van der Waals surface area (Å²) in [5.74, 6) is 0.533. The fraction of sp³-hybridized carbons (Fsp3) is 0.100. The van der Waals surface area contributed by atoms with Crippen LogP contribution in [-0.4, -0.2) is 10.2 Å². The fourth-order valence-electron chi connectivity index (χ4n) is 1.47. The lowest BCUT2D eigenvalue weighted by Crippen LogP contribution is -1.88.